The molecule has 0 aliphatic carbocycles. The first-order valence-corrected chi connectivity index (χ1v) is 8.78. The molecule has 118 valence electrons. The van der Waals surface area contributed by atoms with E-state index in [1.54, 1.807) is 11.6 Å². The van der Waals surface area contributed by atoms with Gasteiger partial charge in [-0.15, -0.1) is 0 Å². The van der Waals surface area contributed by atoms with Crippen LogP contribution in [0.15, 0.2) is 0 Å². The summed E-state index contributed by atoms with van der Waals surface area (Å²) in [6.07, 6.45) is 0.545. The molecule has 1 aromatic heterocycles. The standard InChI is InChI=1S/C14H22N2O4S/c1-9(13(17)20-5)12-10(2)15-16(11(12)3)14(4)6-7-21(18,19)8-14/h9H,6-8H2,1-5H3. The number of rotatable bonds is 3. The fourth-order valence-corrected chi connectivity index (χ4v) is 5.37. The van der Waals surface area contributed by atoms with E-state index in [0.29, 0.717) is 6.42 Å². The van der Waals surface area contributed by atoms with Gasteiger partial charge in [-0.3, -0.25) is 9.48 Å². The van der Waals surface area contributed by atoms with Gasteiger partial charge in [-0.2, -0.15) is 5.10 Å². The molecule has 1 aliphatic rings. The van der Waals surface area contributed by atoms with Gasteiger partial charge in [-0.25, -0.2) is 8.42 Å². The van der Waals surface area contributed by atoms with Crippen LogP contribution in [0.5, 0.6) is 0 Å². The van der Waals surface area contributed by atoms with Crippen molar-refractivity contribution in [3.8, 4) is 0 Å². The molecule has 0 N–H and O–H groups in total. The van der Waals surface area contributed by atoms with E-state index in [2.05, 4.69) is 5.10 Å². The minimum Gasteiger partial charge on any atom is -0.469 e. The average Bonchev–Trinajstić information content (AvgIpc) is 2.85. The van der Waals surface area contributed by atoms with Crippen molar-refractivity contribution >= 4 is 15.8 Å². The molecule has 1 saturated heterocycles. The Balaban J connectivity index is 2.47. The van der Waals surface area contributed by atoms with Gasteiger partial charge in [0.15, 0.2) is 9.84 Å². The molecule has 2 unspecified atom stereocenters. The van der Waals surface area contributed by atoms with Crippen LogP contribution >= 0.6 is 0 Å². The monoisotopic (exact) mass is 314 g/mol. The molecule has 2 heterocycles. The maximum Gasteiger partial charge on any atom is 0.312 e. The summed E-state index contributed by atoms with van der Waals surface area (Å²) in [5.41, 5.74) is 1.87. The van der Waals surface area contributed by atoms with Crippen molar-refractivity contribution in [1.29, 1.82) is 0 Å². The maximum absolute atomic E-state index is 11.8. The van der Waals surface area contributed by atoms with Crippen LogP contribution < -0.4 is 0 Å². The van der Waals surface area contributed by atoms with E-state index in [-0.39, 0.29) is 17.5 Å². The van der Waals surface area contributed by atoms with Gasteiger partial charge in [0.25, 0.3) is 0 Å². The van der Waals surface area contributed by atoms with E-state index in [1.165, 1.54) is 7.11 Å². The number of aryl methyl sites for hydroxylation is 1. The molecule has 0 bridgehead atoms. The highest BCUT2D eigenvalue weighted by Gasteiger charge is 2.42. The zero-order valence-corrected chi connectivity index (χ0v) is 14.0. The number of hydrogen-bond acceptors (Lipinski definition) is 5. The maximum atomic E-state index is 11.8. The van der Waals surface area contributed by atoms with Crippen molar-refractivity contribution in [2.24, 2.45) is 0 Å². The van der Waals surface area contributed by atoms with Crippen LogP contribution in [0.4, 0.5) is 0 Å². The van der Waals surface area contributed by atoms with Gasteiger partial charge >= 0.3 is 5.97 Å². The third kappa shape index (κ3) is 2.71. The second kappa shape index (κ2) is 5.12. The molecule has 2 rings (SSSR count). The summed E-state index contributed by atoms with van der Waals surface area (Å²) in [7, 11) is -1.66. The van der Waals surface area contributed by atoms with Crippen LogP contribution in [0.2, 0.25) is 0 Å². The quantitative estimate of drug-likeness (QED) is 0.786. The molecule has 21 heavy (non-hydrogen) atoms. The summed E-state index contributed by atoms with van der Waals surface area (Å²) in [5, 5.41) is 4.51. The van der Waals surface area contributed by atoms with Gasteiger partial charge < -0.3 is 4.74 Å². The lowest BCUT2D eigenvalue weighted by Crippen LogP contribution is -2.33. The Labute approximate surface area is 125 Å². The highest BCUT2D eigenvalue weighted by atomic mass is 32.2. The Morgan fingerprint density at radius 2 is 2.05 bits per heavy atom. The van der Waals surface area contributed by atoms with E-state index in [0.717, 1.165) is 17.0 Å². The molecular formula is C14H22N2O4S. The minimum absolute atomic E-state index is 0.0913. The first kappa shape index (κ1) is 16.0. The summed E-state index contributed by atoms with van der Waals surface area (Å²) in [6.45, 7) is 7.40. The zero-order valence-electron chi connectivity index (χ0n) is 13.1. The van der Waals surface area contributed by atoms with Crippen molar-refractivity contribution in [1.82, 2.24) is 9.78 Å². The zero-order chi connectivity index (χ0) is 16.0. The molecule has 1 fully saturated rings. The molecule has 0 aromatic carbocycles. The van der Waals surface area contributed by atoms with E-state index >= 15 is 0 Å². The summed E-state index contributed by atoms with van der Waals surface area (Å²) in [6, 6.07) is 0. The molecule has 1 aromatic rings. The molecule has 0 spiro atoms. The summed E-state index contributed by atoms with van der Waals surface area (Å²) >= 11 is 0. The number of carbonyl (C=O) groups excluding carboxylic acids is 1. The van der Waals surface area contributed by atoms with Crippen molar-refractivity contribution < 1.29 is 17.9 Å². The van der Waals surface area contributed by atoms with Gasteiger partial charge in [0, 0.05) is 11.3 Å². The van der Waals surface area contributed by atoms with Crippen molar-refractivity contribution in [2.45, 2.75) is 45.6 Å². The molecule has 0 amide bonds. The molecule has 6 nitrogen and oxygen atoms in total. The number of aromatic nitrogens is 2. The summed E-state index contributed by atoms with van der Waals surface area (Å²) < 4.78 is 30.2. The first-order valence-electron chi connectivity index (χ1n) is 6.96. The van der Waals surface area contributed by atoms with Crippen LogP contribution in [-0.2, 0) is 24.9 Å². The predicted octanol–water partition coefficient (Wildman–Crippen LogP) is 1.31. The SMILES string of the molecule is COC(=O)C(C)c1c(C)nn(C2(C)CCS(=O)(=O)C2)c1C. The number of methoxy groups -OCH3 is 1. The van der Waals surface area contributed by atoms with Crippen LogP contribution in [0.3, 0.4) is 0 Å². The van der Waals surface area contributed by atoms with E-state index in [4.69, 9.17) is 4.74 Å². The van der Waals surface area contributed by atoms with E-state index < -0.39 is 21.3 Å². The third-order valence-electron chi connectivity index (χ3n) is 4.33. The fraction of sp³-hybridized carbons (Fsp3) is 0.714. The second-order valence-electron chi connectivity index (χ2n) is 6.08. The van der Waals surface area contributed by atoms with E-state index in [1.807, 2.05) is 20.8 Å². The largest absolute Gasteiger partial charge is 0.469 e. The number of carbonyl (C=O) groups is 1. The molecular weight excluding hydrogens is 292 g/mol. The summed E-state index contributed by atoms with van der Waals surface area (Å²) in [4.78, 5) is 11.8. The molecule has 1 aliphatic heterocycles. The van der Waals surface area contributed by atoms with Gasteiger partial charge in [0.05, 0.1) is 35.8 Å². The molecule has 2 atom stereocenters. The van der Waals surface area contributed by atoms with Crippen molar-refractivity contribution in [3.05, 3.63) is 17.0 Å². The number of hydrogen-bond donors (Lipinski definition) is 0. The van der Waals surface area contributed by atoms with Gasteiger partial charge in [0.2, 0.25) is 0 Å². The van der Waals surface area contributed by atoms with Gasteiger partial charge in [0.1, 0.15) is 0 Å². The van der Waals surface area contributed by atoms with Gasteiger partial charge in [-0.05, 0) is 34.1 Å². The Bertz CT molecular complexity index is 677. The number of ether oxygens (including phenoxy) is 1. The summed E-state index contributed by atoms with van der Waals surface area (Å²) in [5.74, 6) is -0.451. The van der Waals surface area contributed by atoms with Crippen LogP contribution in [0.25, 0.3) is 0 Å². The van der Waals surface area contributed by atoms with Crippen LogP contribution in [0, 0.1) is 13.8 Å². The molecule has 0 radical (unpaired) electrons. The number of sulfone groups is 1. The lowest BCUT2D eigenvalue weighted by molar-refractivity contribution is -0.142. The van der Waals surface area contributed by atoms with Crippen LogP contribution in [0.1, 0.15) is 43.1 Å². The predicted molar refractivity (Wildman–Crippen MR) is 79.1 cm³/mol. The second-order valence-corrected chi connectivity index (χ2v) is 8.26. The van der Waals surface area contributed by atoms with E-state index in [9.17, 15) is 13.2 Å². The lowest BCUT2D eigenvalue weighted by atomic mass is 9.97. The minimum atomic E-state index is -3.02. The Hall–Kier alpha value is -1.37. The highest BCUT2D eigenvalue weighted by molar-refractivity contribution is 7.91. The lowest BCUT2D eigenvalue weighted by Gasteiger charge is -2.25. The number of nitrogens with zero attached hydrogens (tertiary/aromatic N) is 2. The topological polar surface area (TPSA) is 78.3 Å². The third-order valence-corrected chi connectivity index (χ3v) is 6.22. The highest BCUT2D eigenvalue weighted by Crippen LogP contribution is 2.34. The molecule has 0 saturated carbocycles. The molecule has 7 heteroatoms. The number of esters is 1. The van der Waals surface area contributed by atoms with Crippen LogP contribution in [-0.4, -0.2) is 42.8 Å². The van der Waals surface area contributed by atoms with Crippen molar-refractivity contribution in [3.63, 3.8) is 0 Å². The first-order chi connectivity index (χ1) is 9.61. The Morgan fingerprint density at radius 1 is 1.43 bits per heavy atom. The fourth-order valence-electron chi connectivity index (χ4n) is 3.26. The Morgan fingerprint density at radius 3 is 2.52 bits per heavy atom. The Kier molecular flexibility index (Phi) is 3.90. The average molecular weight is 314 g/mol. The van der Waals surface area contributed by atoms with Gasteiger partial charge in [-0.1, -0.05) is 0 Å². The van der Waals surface area contributed by atoms with Crippen molar-refractivity contribution in [2.75, 3.05) is 18.6 Å². The smallest absolute Gasteiger partial charge is 0.312 e. The normalized spacial score (nSPS) is 25.8.